The molecule has 13 heavy (non-hydrogen) atoms. The van der Waals surface area contributed by atoms with E-state index in [0.717, 1.165) is 19.3 Å². The van der Waals surface area contributed by atoms with Crippen molar-refractivity contribution in [2.24, 2.45) is 5.73 Å². The maximum absolute atomic E-state index is 10.1. The van der Waals surface area contributed by atoms with Crippen LogP contribution in [0.25, 0.3) is 0 Å². The summed E-state index contributed by atoms with van der Waals surface area (Å²) in [5, 5.41) is 2.85. The predicted octanol–water partition coefficient (Wildman–Crippen LogP) is -2.16. The molecule has 3 N–H and O–H groups in total. The molecular weight excluding hydrogens is 191 g/mol. The van der Waals surface area contributed by atoms with Gasteiger partial charge in [-0.25, -0.2) is 6.29 Å². The van der Waals surface area contributed by atoms with Crippen LogP contribution < -0.4 is 62.4 Å². The zero-order chi connectivity index (χ0) is 9.82. The van der Waals surface area contributed by atoms with Gasteiger partial charge in [0, 0.05) is 0 Å². The van der Waals surface area contributed by atoms with E-state index in [9.17, 15) is 4.79 Å². The Morgan fingerprint density at radius 2 is 1.92 bits per heavy atom. The van der Waals surface area contributed by atoms with Crippen LogP contribution in [0.15, 0.2) is 0 Å². The second-order valence-electron chi connectivity index (χ2n) is 2.24. The fourth-order valence-corrected chi connectivity index (χ4v) is 0.755. The molecule has 0 saturated heterocycles. The molecule has 0 saturated carbocycles. The van der Waals surface area contributed by atoms with Gasteiger partial charge in [0.2, 0.25) is 0 Å². The van der Waals surface area contributed by atoms with Gasteiger partial charge < -0.3 is 15.8 Å². The van der Waals surface area contributed by atoms with Gasteiger partial charge in [0.05, 0.1) is 0 Å². The number of nitrogens with one attached hydrogen (secondary N) is 1. The van der Waals surface area contributed by atoms with Crippen LogP contribution in [0.3, 0.4) is 0 Å². The Labute approximate surface area is 125 Å². The van der Waals surface area contributed by atoms with Crippen molar-refractivity contribution in [1.29, 1.82) is 0 Å². The van der Waals surface area contributed by atoms with Crippen LogP contribution in [0.2, 0.25) is 0 Å². The van der Waals surface area contributed by atoms with Crippen LogP contribution in [0, 0.1) is 0 Å². The molecule has 0 spiro atoms. The van der Waals surface area contributed by atoms with Crippen molar-refractivity contribution in [1.82, 2.24) is 5.32 Å². The summed E-state index contributed by atoms with van der Waals surface area (Å²) in [6.07, 6.45) is 4.74. The van der Waals surface area contributed by atoms with Crippen molar-refractivity contribution < 1.29 is 56.2 Å². The predicted molar refractivity (Wildman–Crippen MR) is 52.8 cm³/mol. The van der Waals surface area contributed by atoms with Crippen molar-refractivity contribution in [3.63, 3.8) is 0 Å². The Bertz CT molecular complexity index is 91.7. The van der Waals surface area contributed by atoms with Gasteiger partial charge in [0.25, 0.3) is 0 Å². The summed E-state index contributed by atoms with van der Waals surface area (Å²) in [6, 6.07) is -0.105. The summed E-state index contributed by atoms with van der Waals surface area (Å²) >= 11 is 0. The molecule has 1 unspecified atom stereocenters. The molecule has 0 aromatic rings. The second-order valence-corrected chi connectivity index (χ2v) is 2.24. The number of likely N-dealkylation sites (N-methyl/N-ethyl adjacent to an activating group) is 1. The molecular formula is C9H21KN2O. The Hall–Kier alpha value is 1.23. The monoisotopic (exact) mass is 212 g/mol. The first-order valence-corrected chi connectivity index (χ1v) is 4.60. The summed E-state index contributed by atoms with van der Waals surface area (Å²) in [4.78, 5) is 10.1. The van der Waals surface area contributed by atoms with Gasteiger partial charge in [-0.05, 0) is 20.0 Å². The van der Waals surface area contributed by atoms with E-state index >= 15 is 0 Å². The van der Waals surface area contributed by atoms with Crippen LogP contribution in [0.1, 0.15) is 33.1 Å². The molecule has 0 fully saturated rings. The Balaban J connectivity index is -0.000000309. The van der Waals surface area contributed by atoms with Crippen LogP contribution in [-0.4, -0.2) is 25.9 Å². The second kappa shape index (κ2) is 18.9. The summed E-state index contributed by atoms with van der Waals surface area (Å²) < 4.78 is 0. The minimum Gasteiger partial charge on any atom is -0.540 e. The third-order valence-electron chi connectivity index (χ3n) is 1.44. The van der Waals surface area contributed by atoms with Gasteiger partial charge in [-0.2, -0.15) is 0 Å². The summed E-state index contributed by atoms with van der Waals surface area (Å²) in [6.45, 7) is 4.70. The van der Waals surface area contributed by atoms with E-state index in [0.29, 0.717) is 6.54 Å². The normalized spacial score (nSPS) is 10.5. The number of rotatable bonds is 6. The van der Waals surface area contributed by atoms with E-state index in [1.54, 1.807) is 7.05 Å². The van der Waals surface area contributed by atoms with E-state index in [1.807, 2.05) is 20.1 Å². The molecule has 3 nitrogen and oxygen atoms in total. The van der Waals surface area contributed by atoms with Crippen molar-refractivity contribution >= 4 is 6.29 Å². The third-order valence-corrected chi connectivity index (χ3v) is 1.44. The smallest absolute Gasteiger partial charge is 0.540 e. The van der Waals surface area contributed by atoms with Gasteiger partial charge in [-0.3, -0.25) is 0 Å². The first kappa shape index (κ1) is 19.7. The molecule has 0 bridgehead atoms. The van der Waals surface area contributed by atoms with Crippen molar-refractivity contribution in [2.75, 3.05) is 13.6 Å². The molecule has 0 amide bonds. The fourth-order valence-electron chi connectivity index (χ4n) is 0.755. The minimum absolute atomic E-state index is 0. The average molecular weight is 212 g/mol. The van der Waals surface area contributed by atoms with Gasteiger partial charge in [-0.15, -0.1) is 0 Å². The van der Waals surface area contributed by atoms with Gasteiger partial charge in [-0.1, -0.05) is 32.7 Å². The number of unbranched alkanes of at least 4 members (excludes halogenated alkanes) is 1. The van der Waals surface area contributed by atoms with E-state index < -0.39 is 0 Å². The quantitative estimate of drug-likeness (QED) is 0.300. The topological polar surface area (TPSA) is 55.1 Å². The molecule has 74 valence electrons. The van der Waals surface area contributed by atoms with Crippen LogP contribution >= 0.6 is 0 Å². The summed E-state index contributed by atoms with van der Waals surface area (Å²) in [7, 11) is 1.76. The molecule has 0 heterocycles. The molecule has 0 rings (SSSR count). The van der Waals surface area contributed by atoms with Crippen LogP contribution in [0.5, 0.6) is 0 Å². The fraction of sp³-hybridized carbons (Fsp3) is 0.889. The largest absolute Gasteiger partial charge is 1.00 e. The Morgan fingerprint density at radius 3 is 2.23 bits per heavy atom. The zero-order valence-electron chi connectivity index (χ0n) is 9.39. The van der Waals surface area contributed by atoms with Gasteiger partial charge in [0.1, 0.15) is 0 Å². The molecule has 0 aromatic carbocycles. The third kappa shape index (κ3) is 15.9. The average Bonchev–Trinajstić information content (AvgIpc) is 2.16. The Kier molecular flexibility index (Phi) is 28.7. The van der Waals surface area contributed by atoms with Gasteiger partial charge in [0.15, 0.2) is 0 Å². The molecule has 0 aromatic heterocycles. The van der Waals surface area contributed by atoms with E-state index in [-0.39, 0.29) is 57.4 Å². The van der Waals surface area contributed by atoms with E-state index in [2.05, 4.69) is 5.32 Å². The van der Waals surface area contributed by atoms with E-state index in [4.69, 9.17) is 5.73 Å². The standard InChI is InChI=1S/C7H15N2O.C2H6.K/c1-9-7(6-10)4-2-3-5-8;1-2;/h7,9H,2-5,8H2,1H3;1-2H3;/q-1;;+1. The van der Waals surface area contributed by atoms with E-state index in [1.165, 1.54) is 0 Å². The minimum atomic E-state index is -0.105. The zero-order valence-corrected chi connectivity index (χ0v) is 12.5. The number of carbonyl (C=O) groups excluding carboxylic acids is 1. The first-order chi connectivity index (χ1) is 5.85. The molecule has 0 aliphatic rings. The molecule has 0 aliphatic carbocycles. The van der Waals surface area contributed by atoms with Crippen molar-refractivity contribution in [2.45, 2.75) is 39.2 Å². The van der Waals surface area contributed by atoms with Crippen molar-refractivity contribution in [3.8, 4) is 0 Å². The molecule has 0 aliphatic heterocycles. The van der Waals surface area contributed by atoms with Crippen LogP contribution in [-0.2, 0) is 4.79 Å². The number of hydrogen-bond donors (Lipinski definition) is 2. The maximum Gasteiger partial charge on any atom is 1.00 e. The van der Waals surface area contributed by atoms with Gasteiger partial charge >= 0.3 is 51.4 Å². The molecule has 4 heteroatoms. The number of hydrogen-bond acceptors (Lipinski definition) is 3. The SMILES string of the molecule is CC.CNC([C-]=O)CCCCN.[K+]. The maximum atomic E-state index is 10.1. The summed E-state index contributed by atoms with van der Waals surface area (Å²) in [5.41, 5.74) is 5.28. The molecule has 1 atom stereocenters. The first-order valence-electron chi connectivity index (χ1n) is 4.60. The van der Waals surface area contributed by atoms with Crippen molar-refractivity contribution in [3.05, 3.63) is 0 Å². The molecule has 0 radical (unpaired) electrons. The Morgan fingerprint density at radius 1 is 1.38 bits per heavy atom. The summed E-state index contributed by atoms with van der Waals surface area (Å²) in [5.74, 6) is 0. The number of nitrogens with two attached hydrogens (primary N) is 1. The van der Waals surface area contributed by atoms with Crippen LogP contribution in [0.4, 0.5) is 0 Å².